The van der Waals surface area contributed by atoms with Gasteiger partial charge in [-0.3, -0.25) is 0 Å². The van der Waals surface area contributed by atoms with E-state index in [1.54, 1.807) is 11.1 Å². The third-order valence-corrected chi connectivity index (χ3v) is 9.06. The molecule has 1 heteroatoms. The SMILES string of the molecule is C=C(/C=C\CC)N(CC)c1ccc2c(c1)C1(c3ccccc3-2)C2CC3CC(C2)CC1C3. The van der Waals surface area contributed by atoms with Crippen LogP contribution in [0.2, 0.25) is 0 Å². The van der Waals surface area contributed by atoms with E-state index in [2.05, 4.69) is 79.9 Å². The van der Waals surface area contributed by atoms with Crippen molar-refractivity contribution in [2.45, 2.75) is 57.8 Å². The Balaban J connectivity index is 1.52. The Bertz CT molecular complexity index is 1030. The molecule has 5 aliphatic carbocycles. The normalized spacial score (nSPS) is 31.9. The lowest BCUT2D eigenvalue weighted by Gasteiger charge is -2.61. The van der Waals surface area contributed by atoms with Gasteiger partial charge in [-0.2, -0.15) is 0 Å². The fourth-order valence-electron chi connectivity index (χ4n) is 8.20. The van der Waals surface area contributed by atoms with Crippen molar-refractivity contribution >= 4 is 5.69 Å². The molecule has 4 bridgehead atoms. The van der Waals surface area contributed by atoms with Gasteiger partial charge in [0.25, 0.3) is 0 Å². The van der Waals surface area contributed by atoms with Crippen LogP contribution in [0.15, 0.2) is 66.9 Å². The predicted molar refractivity (Wildman–Crippen MR) is 131 cm³/mol. The first-order chi connectivity index (χ1) is 15.2. The zero-order valence-corrected chi connectivity index (χ0v) is 19.1. The molecular weight excluding hydrogens is 374 g/mol. The quantitative estimate of drug-likeness (QED) is 0.457. The summed E-state index contributed by atoms with van der Waals surface area (Å²) < 4.78 is 0. The van der Waals surface area contributed by atoms with Crippen LogP contribution in [0.1, 0.15) is 63.5 Å². The Morgan fingerprint density at radius 2 is 1.61 bits per heavy atom. The van der Waals surface area contributed by atoms with Gasteiger partial charge in [-0.05, 0) is 110 Å². The van der Waals surface area contributed by atoms with Crippen LogP contribution in [-0.2, 0) is 5.41 Å². The van der Waals surface area contributed by atoms with Gasteiger partial charge in [-0.1, -0.05) is 49.9 Å². The largest absolute Gasteiger partial charge is 0.342 e. The number of hydrogen-bond donors (Lipinski definition) is 0. The van der Waals surface area contributed by atoms with Gasteiger partial charge < -0.3 is 4.90 Å². The minimum atomic E-state index is 0.245. The average Bonchev–Trinajstić information content (AvgIpc) is 3.07. The maximum absolute atomic E-state index is 4.39. The van der Waals surface area contributed by atoms with Gasteiger partial charge in [-0.25, -0.2) is 0 Å². The van der Waals surface area contributed by atoms with Crippen LogP contribution in [0.3, 0.4) is 0 Å². The average molecular weight is 410 g/mol. The van der Waals surface area contributed by atoms with Crippen molar-refractivity contribution in [3.8, 4) is 11.1 Å². The van der Waals surface area contributed by atoms with E-state index in [1.165, 1.54) is 48.9 Å². The van der Waals surface area contributed by atoms with E-state index >= 15 is 0 Å². The molecule has 1 nitrogen and oxygen atoms in total. The van der Waals surface area contributed by atoms with E-state index in [9.17, 15) is 0 Å². The molecule has 5 aliphatic rings. The van der Waals surface area contributed by atoms with Gasteiger partial charge in [0.05, 0.1) is 0 Å². The highest BCUT2D eigenvalue weighted by atomic mass is 15.1. The topological polar surface area (TPSA) is 3.24 Å². The van der Waals surface area contributed by atoms with E-state index in [0.717, 1.165) is 42.3 Å². The second-order valence-corrected chi connectivity index (χ2v) is 10.5. The number of fused-ring (bicyclic) bond motifs is 3. The standard InChI is InChI=1S/C30H35N/c1-4-6-9-20(3)31(5-2)25-12-13-27-26-10-7-8-11-28(26)30(29(27)19-25)23-15-21-14-22(17-23)18-24(30)16-21/h6-13,19,21-24H,3-5,14-18H2,1-2H3/b9-6-. The number of benzene rings is 2. The maximum atomic E-state index is 4.39. The maximum Gasteiger partial charge on any atom is 0.0413 e. The third kappa shape index (κ3) is 2.62. The molecule has 0 unspecified atom stereocenters. The van der Waals surface area contributed by atoms with Crippen LogP contribution >= 0.6 is 0 Å². The molecule has 2 aromatic rings. The molecule has 0 N–H and O–H groups in total. The number of nitrogens with zero attached hydrogens (tertiary/aromatic N) is 1. The molecule has 0 radical (unpaired) electrons. The summed E-state index contributed by atoms with van der Waals surface area (Å²) >= 11 is 0. The molecule has 0 atom stereocenters. The van der Waals surface area contributed by atoms with E-state index in [4.69, 9.17) is 0 Å². The number of allylic oxidation sites excluding steroid dienone is 2. The summed E-state index contributed by atoms with van der Waals surface area (Å²) in [4.78, 5) is 2.39. The molecule has 2 aromatic carbocycles. The Morgan fingerprint density at radius 1 is 0.935 bits per heavy atom. The summed E-state index contributed by atoms with van der Waals surface area (Å²) in [6.07, 6.45) is 12.7. The Labute approximate surface area is 187 Å². The molecule has 0 aromatic heterocycles. The van der Waals surface area contributed by atoms with Gasteiger partial charge in [0.1, 0.15) is 0 Å². The van der Waals surface area contributed by atoms with Crippen molar-refractivity contribution in [3.05, 3.63) is 78.0 Å². The molecular formula is C30H35N. The highest BCUT2D eigenvalue weighted by Crippen LogP contribution is 2.69. The van der Waals surface area contributed by atoms with Gasteiger partial charge in [0.2, 0.25) is 0 Å². The highest BCUT2D eigenvalue weighted by Gasteiger charge is 2.61. The molecule has 4 saturated carbocycles. The highest BCUT2D eigenvalue weighted by molar-refractivity contribution is 5.84. The van der Waals surface area contributed by atoms with Crippen molar-refractivity contribution in [1.29, 1.82) is 0 Å². The number of rotatable bonds is 5. The van der Waals surface area contributed by atoms with E-state index in [0.29, 0.717) is 0 Å². The van der Waals surface area contributed by atoms with Gasteiger partial charge in [0.15, 0.2) is 0 Å². The minimum absolute atomic E-state index is 0.245. The zero-order chi connectivity index (χ0) is 21.2. The smallest absolute Gasteiger partial charge is 0.0413 e. The summed E-state index contributed by atoms with van der Waals surface area (Å²) in [5.74, 6) is 3.61. The summed E-state index contributed by atoms with van der Waals surface area (Å²) in [7, 11) is 0. The number of likely N-dealkylation sites (N-methyl/N-ethyl adjacent to an activating group) is 1. The molecule has 0 saturated heterocycles. The van der Waals surface area contributed by atoms with Gasteiger partial charge in [0, 0.05) is 23.3 Å². The summed E-state index contributed by atoms with van der Waals surface area (Å²) in [6, 6.07) is 16.7. The fourth-order valence-corrected chi connectivity index (χ4v) is 8.20. The molecule has 4 fully saturated rings. The van der Waals surface area contributed by atoms with E-state index in [1.807, 2.05) is 0 Å². The van der Waals surface area contributed by atoms with E-state index in [-0.39, 0.29) is 5.41 Å². The Morgan fingerprint density at radius 3 is 2.29 bits per heavy atom. The first kappa shape index (κ1) is 19.4. The molecule has 0 aliphatic heterocycles. The number of anilines is 1. The van der Waals surface area contributed by atoms with E-state index < -0.39 is 0 Å². The van der Waals surface area contributed by atoms with Crippen LogP contribution in [0.5, 0.6) is 0 Å². The van der Waals surface area contributed by atoms with Crippen molar-refractivity contribution in [2.75, 3.05) is 11.4 Å². The Hall–Kier alpha value is -2.28. The lowest BCUT2D eigenvalue weighted by molar-refractivity contribution is -0.0399. The second kappa shape index (κ2) is 7.12. The zero-order valence-electron chi connectivity index (χ0n) is 19.1. The van der Waals surface area contributed by atoms with Crippen molar-refractivity contribution in [1.82, 2.24) is 0 Å². The van der Waals surface area contributed by atoms with Crippen LogP contribution in [0.4, 0.5) is 5.69 Å². The monoisotopic (exact) mass is 409 g/mol. The van der Waals surface area contributed by atoms with Crippen LogP contribution in [0, 0.1) is 23.7 Å². The summed E-state index contributed by atoms with van der Waals surface area (Å²) in [5.41, 5.74) is 8.93. The molecule has 7 rings (SSSR count). The van der Waals surface area contributed by atoms with Gasteiger partial charge >= 0.3 is 0 Å². The minimum Gasteiger partial charge on any atom is -0.342 e. The fraction of sp³-hybridized carbons (Fsp3) is 0.467. The van der Waals surface area contributed by atoms with Crippen molar-refractivity contribution < 1.29 is 0 Å². The van der Waals surface area contributed by atoms with Crippen molar-refractivity contribution in [3.63, 3.8) is 0 Å². The molecule has 0 amide bonds. The van der Waals surface area contributed by atoms with Crippen LogP contribution in [-0.4, -0.2) is 6.54 Å². The molecule has 31 heavy (non-hydrogen) atoms. The first-order valence-corrected chi connectivity index (χ1v) is 12.5. The van der Waals surface area contributed by atoms with Gasteiger partial charge in [-0.15, -0.1) is 0 Å². The lowest BCUT2D eigenvalue weighted by Crippen LogP contribution is -2.55. The summed E-state index contributed by atoms with van der Waals surface area (Å²) in [6.45, 7) is 9.76. The number of hydrogen-bond acceptors (Lipinski definition) is 1. The Kier molecular flexibility index (Phi) is 4.46. The first-order valence-electron chi connectivity index (χ1n) is 12.5. The van der Waals surface area contributed by atoms with Crippen molar-refractivity contribution in [2.24, 2.45) is 23.7 Å². The predicted octanol–water partition coefficient (Wildman–Crippen LogP) is 7.72. The molecule has 160 valence electrons. The third-order valence-electron chi connectivity index (χ3n) is 9.06. The lowest BCUT2D eigenvalue weighted by atomic mass is 9.43. The second-order valence-electron chi connectivity index (χ2n) is 10.5. The summed E-state index contributed by atoms with van der Waals surface area (Å²) in [5, 5.41) is 0. The molecule has 1 spiro atoms. The van der Waals surface area contributed by atoms with Crippen LogP contribution < -0.4 is 4.90 Å². The van der Waals surface area contributed by atoms with Crippen LogP contribution in [0.25, 0.3) is 11.1 Å². The molecule has 0 heterocycles.